The third-order valence-electron chi connectivity index (χ3n) is 4.20. The summed E-state index contributed by atoms with van der Waals surface area (Å²) in [5.74, 6) is 0.703. The van der Waals surface area contributed by atoms with Gasteiger partial charge in [0.05, 0.1) is 13.1 Å². The van der Waals surface area contributed by atoms with E-state index < -0.39 is 0 Å². The maximum atomic E-state index is 12.7. The molecule has 0 unspecified atom stereocenters. The van der Waals surface area contributed by atoms with Gasteiger partial charge in [0.2, 0.25) is 5.91 Å². The summed E-state index contributed by atoms with van der Waals surface area (Å²) < 4.78 is 0. The maximum Gasteiger partial charge on any atom is 0.228 e. The summed E-state index contributed by atoms with van der Waals surface area (Å²) in [4.78, 5) is 17.0. The first-order chi connectivity index (χ1) is 9.90. The highest BCUT2D eigenvalue weighted by molar-refractivity contribution is 5.80. The van der Waals surface area contributed by atoms with Crippen molar-refractivity contribution >= 4 is 5.91 Å². The van der Waals surface area contributed by atoms with Crippen molar-refractivity contribution in [2.75, 3.05) is 20.3 Å². The number of carbonyl (C=O) groups is 1. The molecule has 1 atom stereocenters. The Kier molecular flexibility index (Phi) is 6.90. The highest BCUT2D eigenvalue weighted by atomic mass is 16.2. The number of amides is 1. The molecule has 0 bridgehead atoms. The fourth-order valence-electron chi connectivity index (χ4n) is 2.90. The minimum Gasteiger partial charge on any atom is -0.326 e. The van der Waals surface area contributed by atoms with Crippen LogP contribution in [0, 0.1) is 5.92 Å². The van der Waals surface area contributed by atoms with Gasteiger partial charge in [0.15, 0.2) is 0 Å². The standard InChI is InChI=1S/C18H30N2O/c1-7-9-15(5)16(8-2)12-18(21)20-13-19(6)11-10-17(20)14(3)4/h7-9,14,17H,2,10-13H2,1,3-6H3/b9-7-,16-15+/t17-/m0/s1. The molecule has 3 heteroatoms. The van der Waals surface area contributed by atoms with E-state index >= 15 is 0 Å². The molecule has 1 rings (SSSR count). The molecule has 1 fully saturated rings. The van der Waals surface area contributed by atoms with Crippen molar-refractivity contribution < 1.29 is 4.79 Å². The SMILES string of the molecule is C=C/C(CC(=O)N1CN(C)CC[C@H]1C(C)C)=C(C)\C=C/C. The largest absolute Gasteiger partial charge is 0.326 e. The average Bonchev–Trinajstić information content (AvgIpc) is 2.44. The van der Waals surface area contributed by atoms with Crippen molar-refractivity contribution in [1.82, 2.24) is 9.80 Å². The summed E-state index contributed by atoms with van der Waals surface area (Å²) in [6.07, 6.45) is 7.34. The summed E-state index contributed by atoms with van der Waals surface area (Å²) in [5.41, 5.74) is 2.14. The quantitative estimate of drug-likeness (QED) is 0.722. The lowest BCUT2D eigenvalue weighted by atomic mass is 9.96. The van der Waals surface area contributed by atoms with E-state index in [1.165, 1.54) is 0 Å². The molecular weight excluding hydrogens is 260 g/mol. The van der Waals surface area contributed by atoms with Crippen LogP contribution in [0.15, 0.2) is 36.0 Å². The van der Waals surface area contributed by atoms with Gasteiger partial charge in [0.25, 0.3) is 0 Å². The molecule has 0 N–H and O–H groups in total. The van der Waals surface area contributed by atoms with Crippen molar-refractivity contribution in [3.05, 3.63) is 36.0 Å². The second-order valence-corrected chi connectivity index (χ2v) is 6.27. The van der Waals surface area contributed by atoms with Crippen LogP contribution in [0.5, 0.6) is 0 Å². The Morgan fingerprint density at radius 2 is 2.10 bits per heavy atom. The van der Waals surface area contributed by atoms with Crippen molar-refractivity contribution in [2.45, 2.75) is 46.6 Å². The van der Waals surface area contributed by atoms with Gasteiger partial charge >= 0.3 is 0 Å². The van der Waals surface area contributed by atoms with Crippen LogP contribution in [0.4, 0.5) is 0 Å². The van der Waals surface area contributed by atoms with Crippen molar-refractivity contribution in [1.29, 1.82) is 0 Å². The first kappa shape index (κ1) is 17.7. The molecule has 1 saturated heterocycles. The van der Waals surface area contributed by atoms with Gasteiger partial charge in [-0.2, -0.15) is 0 Å². The average molecular weight is 290 g/mol. The third kappa shape index (κ3) is 4.85. The third-order valence-corrected chi connectivity index (χ3v) is 4.20. The van der Waals surface area contributed by atoms with Crippen LogP contribution < -0.4 is 0 Å². The topological polar surface area (TPSA) is 23.6 Å². The molecule has 0 aromatic carbocycles. The van der Waals surface area contributed by atoms with Crippen LogP contribution >= 0.6 is 0 Å². The number of allylic oxidation sites excluding steroid dienone is 4. The zero-order valence-electron chi connectivity index (χ0n) is 14.2. The lowest BCUT2D eigenvalue weighted by molar-refractivity contribution is -0.139. The Morgan fingerprint density at radius 1 is 1.43 bits per heavy atom. The van der Waals surface area contributed by atoms with Crippen LogP contribution in [-0.4, -0.2) is 42.0 Å². The molecule has 21 heavy (non-hydrogen) atoms. The van der Waals surface area contributed by atoms with E-state index in [0.29, 0.717) is 18.4 Å². The Hall–Kier alpha value is -1.35. The molecule has 1 aliphatic heterocycles. The Bertz CT molecular complexity index is 434. The number of carbonyl (C=O) groups excluding carboxylic acids is 1. The molecular formula is C18H30N2O. The molecule has 1 amide bonds. The second-order valence-electron chi connectivity index (χ2n) is 6.27. The fourth-order valence-corrected chi connectivity index (χ4v) is 2.90. The maximum absolute atomic E-state index is 12.7. The number of nitrogens with zero attached hydrogens (tertiary/aromatic N) is 2. The van der Waals surface area contributed by atoms with Gasteiger partial charge < -0.3 is 4.90 Å². The van der Waals surface area contributed by atoms with E-state index in [2.05, 4.69) is 32.4 Å². The lowest BCUT2D eigenvalue weighted by Gasteiger charge is -2.42. The van der Waals surface area contributed by atoms with E-state index in [1.54, 1.807) is 0 Å². The van der Waals surface area contributed by atoms with Crippen LogP contribution in [-0.2, 0) is 4.79 Å². The van der Waals surface area contributed by atoms with Crippen molar-refractivity contribution in [3.63, 3.8) is 0 Å². The first-order valence-electron chi connectivity index (χ1n) is 7.83. The zero-order valence-corrected chi connectivity index (χ0v) is 14.2. The molecule has 0 aromatic rings. The van der Waals surface area contributed by atoms with Gasteiger partial charge in [-0.05, 0) is 44.4 Å². The van der Waals surface area contributed by atoms with E-state index in [-0.39, 0.29) is 5.91 Å². The predicted molar refractivity (Wildman–Crippen MR) is 89.9 cm³/mol. The Morgan fingerprint density at radius 3 is 2.62 bits per heavy atom. The predicted octanol–water partition coefficient (Wildman–Crippen LogP) is 3.60. The van der Waals surface area contributed by atoms with E-state index in [4.69, 9.17) is 0 Å². The van der Waals surface area contributed by atoms with Crippen LogP contribution in [0.2, 0.25) is 0 Å². The van der Waals surface area contributed by atoms with Gasteiger partial charge in [0, 0.05) is 12.6 Å². The summed E-state index contributed by atoms with van der Waals surface area (Å²) in [6.45, 7) is 14.1. The minimum absolute atomic E-state index is 0.207. The van der Waals surface area contributed by atoms with Gasteiger partial charge in [-0.25, -0.2) is 0 Å². The summed E-state index contributed by atoms with van der Waals surface area (Å²) in [6, 6.07) is 0.349. The summed E-state index contributed by atoms with van der Waals surface area (Å²) in [7, 11) is 2.08. The van der Waals surface area contributed by atoms with Gasteiger partial charge in [0.1, 0.15) is 0 Å². The van der Waals surface area contributed by atoms with Crippen LogP contribution in [0.25, 0.3) is 0 Å². The molecule has 0 aliphatic carbocycles. The summed E-state index contributed by atoms with van der Waals surface area (Å²) >= 11 is 0. The lowest BCUT2D eigenvalue weighted by Crippen LogP contribution is -2.53. The molecule has 1 heterocycles. The second kappa shape index (κ2) is 8.18. The first-order valence-corrected chi connectivity index (χ1v) is 7.83. The van der Waals surface area contributed by atoms with Gasteiger partial charge in [-0.15, -0.1) is 0 Å². The zero-order chi connectivity index (χ0) is 16.0. The van der Waals surface area contributed by atoms with Crippen molar-refractivity contribution in [3.8, 4) is 0 Å². The number of hydrogen-bond acceptors (Lipinski definition) is 2. The minimum atomic E-state index is 0.207. The molecule has 3 nitrogen and oxygen atoms in total. The summed E-state index contributed by atoms with van der Waals surface area (Å²) in [5, 5.41) is 0. The van der Waals surface area contributed by atoms with Gasteiger partial charge in [-0.3, -0.25) is 9.69 Å². The normalized spacial score (nSPS) is 21.8. The van der Waals surface area contributed by atoms with E-state index in [1.807, 2.05) is 37.0 Å². The number of rotatable bonds is 5. The molecule has 0 aromatic heterocycles. The molecule has 0 radical (unpaired) electrons. The van der Waals surface area contributed by atoms with Gasteiger partial charge in [-0.1, -0.05) is 38.7 Å². The monoisotopic (exact) mass is 290 g/mol. The molecule has 0 spiro atoms. The smallest absolute Gasteiger partial charge is 0.228 e. The van der Waals surface area contributed by atoms with E-state index in [9.17, 15) is 4.79 Å². The molecule has 118 valence electrons. The fraction of sp³-hybridized carbons (Fsp3) is 0.611. The Balaban J connectivity index is 2.89. The van der Waals surface area contributed by atoms with E-state index in [0.717, 1.165) is 30.8 Å². The van der Waals surface area contributed by atoms with Crippen molar-refractivity contribution in [2.24, 2.45) is 5.92 Å². The number of hydrogen-bond donors (Lipinski definition) is 0. The molecule has 1 aliphatic rings. The van der Waals surface area contributed by atoms with Crippen LogP contribution in [0.3, 0.4) is 0 Å². The van der Waals surface area contributed by atoms with Crippen LogP contribution in [0.1, 0.15) is 40.5 Å². The highest BCUT2D eigenvalue weighted by Gasteiger charge is 2.30. The highest BCUT2D eigenvalue weighted by Crippen LogP contribution is 2.23. The molecule has 0 saturated carbocycles. The Labute approximate surface area is 130 Å².